The lowest BCUT2D eigenvalue weighted by atomic mass is 10.2. The van der Waals surface area contributed by atoms with Gasteiger partial charge in [-0.05, 0) is 18.2 Å². The first-order valence-electron chi connectivity index (χ1n) is 5.57. The third kappa shape index (κ3) is 3.24. The third-order valence-electron chi connectivity index (χ3n) is 2.57. The van der Waals surface area contributed by atoms with Crippen LogP contribution in [-0.2, 0) is 13.2 Å². The van der Waals surface area contributed by atoms with Gasteiger partial charge in [0.1, 0.15) is 0 Å². The molecule has 0 bridgehead atoms. The number of nitrogen functional groups attached to an aromatic ring is 1. The molecule has 2 aromatic rings. The number of nitrogens with one attached hydrogen (secondary N) is 2. The molecule has 4 N–H and O–H groups in total. The van der Waals surface area contributed by atoms with Crippen molar-refractivity contribution >= 4 is 29.1 Å². The predicted octanol–water partition coefficient (Wildman–Crippen LogP) is 2.29. The summed E-state index contributed by atoms with van der Waals surface area (Å²) in [6.45, 7) is 0. The Morgan fingerprint density at radius 3 is 2.62 bits per heavy atom. The molecule has 21 heavy (non-hydrogen) atoms. The summed E-state index contributed by atoms with van der Waals surface area (Å²) >= 11 is 5.53. The SMILES string of the molecule is Cn1nc(Nc2ccc(Cl)c(C(F)(F)F)c2)nc(N)c1=N. The van der Waals surface area contributed by atoms with Crippen LogP contribution in [0.25, 0.3) is 0 Å². The monoisotopic (exact) mass is 318 g/mol. The highest BCUT2D eigenvalue weighted by Crippen LogP contribution is 2.36. The van der Waals surface area contributed by atoms with Gasteiger partial charge in [0.2, 0.25) is 5.95 Å². The second kappa shape index (κ2) is 5.24. The van der Waals surface area contributed by atoms with Crippen LogP contribution >= 0.6 is 11.6 Å². The van der Waals surface area contributed by atoms with Crippen molar-refractivity contribution < 1.29 is 13.2 Å². The van der Waals surface area contributed by atoms with Gasteiger partial charge in [0, 0.05) is 12.7 Å². The molecule has 0 unspecified atom stereocenters. The lowest BCUT2D eigenvalue weighted by molar-refractivity contribution is -0.137. The van der Waals surface area contributed by atoms with E-state index in [1.54, 1.807) is 0 Å². The van der Waals surface area contributed by atoms with E-state index in [1.165, 1.54) is 13.1 Å². The van der Waals surface area contributed by atoms with Gasteiger partial charge in [-0.15, -0.1) is 5.10 Å². The Morgan fingerprint density at radius 2 is 2.05 bits per heavy atom. The zero-order valence-electron chi connectivity index (χ0n) is 10.7. The highest BCUT2D eigenvalue weighted by atomic mass is 35.5. The van der Waals surface area contributed by atoms with Crippen LogP contribution in [0.15, 0.2) is 18.2 Å². The molecule has 0 aliphatic carbocycles. The summed E-state index contributed by atoms with van der Waals surface area (Å²) in [4.78, 5) is 3.78. The summed E-state index contributed by atoms with van der Waals surface area (Å²) in [6, 6.07) is 3.32. The van der Waals surface area contributed by atoms with Gasteiger partial charge in [0.15, 0.2) is 11.3 Å². The fourth-order valence-corrected chi connectivity index (χ4v) is 1.77. The molecule has 6 nitrogen and oxygen atoms in total. The normalized spacial score (nSPS) is 11.5. The minimum absolute atomic E-state index is 0.0264. The number of aryl methyl sites for hydroxylation is 1. The maximum Gasteiger partial charge on any atom is 0.417 e. The van der Waals surface area contributed by atoms with E-state index in [-0.39, 0.29) is 22.9 Å². The van der Waals surface area contributed by atoms with E-state index in [2.05, 4.69) is 15.4 Å². The Hall–Kier alpha value is -2.29. The summed E-state index contributed by atoms with van der Waals surface area (Å²) in [6.07, 6.45) is -4.57. The molecule has 1 heterocycles. The van der Waals surface area contributed by atoms with Crippen LogP contribution in [0.2, 0.25) is 5.02 Å². The number of benzene rings is 1. The van der Waals surface area contributed by atoms with Gasteiger partial charge in [-0.1, -0.05) is 11.6 Å². The summed E-state index contributed by atoms with van der Waals surface area (Å²) in [5, 5.41) is 13.5. The van der Waals surface area contributed by atoms with Crippen LogP contribution in [-0.4, -0.2) is 14.8 Å². The molecule has 0 amide bonds. The summed E-state index contributed by atoms with van der Waals surface area (Å²) in [7, 11) is 1.47. The van der Waals surface area contributed by atoms with E-state index in [4.69, 9.17) is 22.7 Å². The van der Waals surface area contributed by atoms with Crippen molar-refractivity contribution in [2.45, 2.75) is 6.18 Å². The molecule has 0 radical (unpaired) electrons. The number of hydrogen-bond donors (Lipinski definition) is 3. The molecule has 0 aliphatic rings. The topological polar surface area (TPSA) is 92.6 Å². The average molecular weight is 319 g/mol. The van der Waals surface area contributed by atoms with Crippen molar-refractivity contribution in [2.75, 3.05) is 11.1 Å². The molecule has 112 valence electrons. The molecule has 0 atom stereocenters. The van der Waals surface area contributed by atoms with Gasteiger partial charge in [-0.3, -0.25) is 5.41 Å². The number of halogens is 4. The van der Waals surface area contributed by atoms with Crippen molar-refractivity contribution in [3.8, 4) is 0 Å². The number of rotatable bonds is 2. The molecular formula is C11H10ClF3N6. The number of nitrogens with two attached hydrogens (primary N) is 1. The first-order valence-corrected chi connectivity index (χ1v) is 5.95. The molecule has 1 aromatic heterocycles. The van der Waals surface area contributed by atoms with Crippen LogP contribution in [0.5, 0.6) is 0 Å². The molecule has 2 rings (SSSR count). The third-order valence-corrected chi connectivity index (χ3v) is 2.89. The lowest BCUT2D eigenvalue weighted by Crippen LogP contribution is -2.25. The molecule has 0 saturated carbocycles. The van der Waals surface area contributed by atoms with Gasteiger partial charge >= 0.3 is 6.18 Å². The molecule has 1 aromatic carbocycles. The molecular weight excluding hydrogens is 309 g/mol. The second-order valence-electron chi connectivity index (χ2n) is 4.11. The fraction of sp³-hybridized carbons (Fsp3) is 0.182. The van der Waals surface area contributed by atoms with E-state index in [0.717, 1.165) is 16.8 Å². The van der Waals surface area contributed by atoms with Crippen molar-refractivity contribution in [1.82, 2.24) is 14.8 Å². The zero-order valence-corrected chi connectivity index (χ0v) is 11.4. The molecule has 0 saturated heterocycles. The maximum absolute atomic E-state index is 12.8. The predicted molar refractivity (Wildman–Crippen MR) is 71.0 cm³/mol. The largest absolute Gasteiger partial charge is 0.417 e. The smallest absolute Gasteiger partial charge is 0.380 e. The first-order chi connectivity index (χ1) is 9.68. The first kappa shape index (κ1) is 15.1. The lowest BCUT2D eigenvalue weighted by Gasteiger charge is -2.12. The van der Waals surface area contributed by atoms with E-state index < -0.39 is 16.8 Å². The Labute approximate surface area is 121 Å². The summed E-state index contributed by atoms with van der Waals surface area (Å²) in [5.41, 5.74) is 4.53. The standard InChI is InChI=1S/C11H10ClF3N6/c1-21-9(17)8(16)19-10(20-21)18-5-2-3-7(12)6(4-5)11(13,14)15/h2-4,17H,1H3,(H3,16,18,19,20). The minimum Gasteiger partial charge on any atom is -0.380 e. The number of nitrogens with zero attached hydrogens (tertiary/aromatic N) is 3. The van der Waals surface area contributed by atoms with Gasteiger partial charge in [0.05, 0.1) is 10.6 Å². The zero-order chi connectivity index (χ0) is 15.8. The van der Waals surface area contributed by atoms with E-state index in [0.29, 0.717) is 0 Å². The molecule has 10 heteroatoms. The molecule has 0 aliphatic heterocycles. The van der Waals surface area contributed by atoms with Crippen LogP contribution in [0, 0.1) is 5.41 Å². The van der Waals surface area contributed by atoms with Gasteiger partial charge in [-0.2, -0.15) is 18.2 Å². The average Bonchev–Trinajstić information content (AvgIpc) is 2.37. The van der Waals surface area contributed by atoms with E-state index in [9.17, 15) is 13.2 Å². The Bertz CT molecular complexity index is 713. The van der Waals surface area contributed by atoms with Crippen LogP contribution in [0.3, 0.4) is 0 Å². The maximum atomic E-state index is 12.8. The van der Waals surface area contributed by atoms with Gasteiger partial charge < -0.3 is 11.1 Å². The fourth-order valence-electron chi connectivity index (χ4n) is 1.55. The van der Waals surface area contributed by atoms with Gasteiger partial charge in [-0.25, -0.2) is 4.68 Å². The van der Waals surface area contributed by atoms with Crippen molar-refractivity contribution in [2.24, 2.45) is 7.05 Å². The molecule has 0 spiro atoms. The summed E-state index contributed by atoms with van der Waals surface area (Å²) in [5.74, 6) is -0.124. The Morgan fingerprint density at radius 1 is 1.38 bits per heavy atom. The van der Waals surface area contributed by atoms with Crippen molar-refractivity contribution in [3.63, 3.8) is 0 Å². The second-order valence-corrected chi connectivity index (χ2v) is 4.52. The van der Waals surface area contributed by atoms with Crippen LogP contribution in [0.1, 0.15) is 5.56 Å². The highest BCUT2D eigenvalue weighted by molar-refractivity contribution is 6.31. The number of alkyl halides is 3. The van der Waals surface area contributed by atoms with Crippen LogP contribution in [0.4, 0.5) is 30.6 Å². The highest BCUT2D eigenvalue weighted by Gasteiger charge is 2.33. The van der Waals surface area contributed by atoms with Crippen molar-refractivity contribution in [3.05, 3.63) is 34.3 Å². The Kier molecular flexibility index (Phi) is 3.77. The number of aromatic nitrogens is 3. The molecule has 0 fully saturated rings. The quantitative estimate of drug-likeness (QED) is 0.792. The number of hydrogen-bond acceptors (Lipinski definition) is 5. The number of anilines is 3. The van der Waals surface area contributed by atoms with Crippen LogP contribution < -0.4 is 16.5 Å². The Balaban J connectivity index is 2.39. The van der Waals surface area contributed by atoms with E-state index in [1.807, 2.05) is 0 Å². The summed E-state index contributed by atoms with van der Waals surface area (Å²) < 4.78 is 39.4. The minimum atomic E-state index is -4.57. The van der Waals surface area contributed by atoms with Gasteiger partial charge in [0.25, 0.3) is 0 Å². The van der Waals surface area contributed by atoms with E-state index >= 15 is 0 Å². The van der Waals surface area contributed by atoms with Crippen molar-refractivity contribution in [1.29, 1.82) is 5.41 Å².